The fourth-order valence-corrected chi connectivity index (χ4v) is 3.36. The first-order valence-corrected chi connectivity index (χ1v) is 6.53. The fraction of sp³-hybridized carbons (Fsp3) is 0.909. The number of hydrogen-bond acceptors (Lipinski definition) is 1. The molecule has 3 heteroatoms. The molecule has 1 aliphatic carbocycles. The normalized spacial score (nSPS) is 39.1. The van der Waals surface area contributed by atoms with Crippen LogP contribution in [0.15, 0.2) is 0 Å². The molecule has 80 valence electrons. The van der Waals surface area contributed by atoms with Gasteiger partial charge in [-0.25, -0.2) is 0 Å². The molecule has 2 fully saturated rings. The molecule has 0 aromatic rings. The van der Waals surface area contributed by atoms with E-state index in [1.807, 2.05) is 0 Å². The van der Waals surface area contributed by atoms with E-state index in [1.54, 1.807) is 0 Å². The van der Waals surface area contributed by atoms with Crippen LogP contribution in [0.3, 0.4) is 0 Å². The average molecular weight is 260 g/mol. The molecule has 0 N–H and O–H groups in total. The van der Waals surface area contributed by atoms with Crippen molar-refractivity contribution in [2.45, 2.75) is 49.9 Å². The van der Waals surface area contributed by atoms with Crippen LogP contribution < -0.4 is 0 Å². The second-order valence-electron chi connectivity index (χ2n) is 4.68. The lowest BCUT2D eigenvalue weighted by atomic mass is 9.85. The van der Waals surface area contributed by atoms with E-state index in [4.69, 9.17) is 0 Å². The maximum Gasteiger partial charge on any atom is 0.224 e. The van der Waals surface area contributed by atoms with Crippen LogP contribution in [0.1, 0.15) is 39.0 Å². The SMILES string of the molecule is CC1CCCCC1N1CC(Br)CC1=O. The molecule has 2 nitrogen and oxygen atoms in total. The maximum atomic E-state index is 11.7. The third kappa shape index (κ3) is 1.97. The number of carbonyl (C=O) groups excluding carboxylic acids is 1. The largest absolute Gasteiger partial charge is 0.338 e. The maximum absolute atomic E-state index is 11.7. The molecular formula is C11H18BrNO. The minimum Gasteiger partial charge on any atom is -0.338 e. The number of alkyl halides is 1. The Morgan fingerprint density at radius 1 is 1.36 bits per heavy atom. The lowest BCUT2D eigenvalue weighted by molar-refractivity contribution is -0.131. The highest BCUT2D eigenvalue weighted by molar-refractivity contribution is 9.09. The predicted octanol–water partition coefficient (Wildman–Crippen LogP) is 2.56. The number of hydrogen-bond donors (Lipinski definition) is 0. The van der Waals surface area contributed by atoms with Gasteiger partial charge in [0.15, 0.2) is 0 Å². The average Bonchev–Trinajstić information content (AvgIpc) is 2.46. The molecule has 2 aliphatic rings. The van der Waals surface area contributed by atoms with Crippen molar-refractivity contribution in [3.63, 3.8) is 0 Å². The fourth-order valence-electron chi connectivity index (χ4n) is 2.77. The smallest absolute Gasteiger partial charge is 0.224 e. The Morgan fingerprint density at radius 3 is 2.64 bits per heavy atom. The van der Waals surface area contributed by atoms with E-state index >= 15 is 0 Å². The van der Waals surface area contributed by atoms with Crippen LogP contribution in [-0.4, -0.2) is 28.2 Å². The molecule has 3 atom stereocenters. The van der Waals surface area contributed by atoms with Gasteiger partial charge in [0.25, 0.3) is 0 Å². The first kappa shape index (κ1) is 10.5. The van der Waals surface area contributed by atoms with E-state index in [0.717, 1.165) is 6.54 Å². The Hall–Kier alpha value is -0.0500. The summed E-state index contributed by atoms with van der Waals surface area (Å²) in [7, 11) is 0. The topological polar surface area (TPSA) is 20.3 Å². The summed E-state index contributed by atoms with van der Waals surface area (Å²) in [5.74, 6) is 1.05. The number of rotatable bonds is 1. The summed E-state index contributed by atoms with van der Waals surface area (Å²) >= 11 is 3.54. The Balaban J connectivity index is 2.02. The van der Waals surface area contributed by atoms with Gasteiger partial charge in [-0.3, -0.25) is 4.79 Å². The van der Waals surface area contributed by atoms with Crippen molar-refractivity contribution in [3.8, 4) is 0 Å². The van der Waals surface area contributed by atoms with Gasteiger partial charge in [0.05, 0.1) is 0 Å². The highest BCUT2D eigenvalue weighted by Crippen LogP contribution is 2.32. The van der Waals surface area contributed by atoms with Gasteiger partial charge in [-0.05, 0) is 18.8 Å². The molecule has 1 heterocycles. The van der Waals surface area contributed by atoms with Crippen LogP contribution in [0.5, 0.6) is 0 Å². The predicted molar refractivity (Wildman–Crippen MR) is 60.5 cm³/mol. The number of likely N-dealkylation sites (tertiary alicyclic amines) is 1. The zero-order valence-electron chi connectivity index (χ0n) is 8.71. The number of halogens is 1. The van der Waals surface area contributed by atoms with Crippen LogP contribution >= 0.6 is 15.9 Å². The Kier molecular flexibility index (Phi) is 3.15. The molecule has 0 aromatic heterocycles. The molecule has 1 aliphatic heterocycles. The summed E-state index contributed by atoms with van der Waals surface area (Å²) in [4.78, 5) is 14.2. The molecule has 1 saturated heterocycles. The van der Waals surface area contributed by atoms with Crippen molar-refractivity contribution in [1.29, 1.82) is 0 Å². The second kappa shape index (κ2) is 4.21. The lowest BCUT2D eigenvalue weighted by Crippen LogP contribution is -2.42. The van der Waals surface area contributed by atoms with E-state index in [1.165, 1.54) is 25.7 Å². The Bertz CT molecular complexity index is 231. The molecular weight excluding hydrogens is 242 g/mol. The minimum absolute atomic E-state index is 0.352. The van der Waals surface area contributed by atoms with Crippen LogP contribution in [-0.2, 0) is 4.79 Å². The summed E-state index contributed by atoms with van der Waals surface area (Å²) in [6.45, 7) is 3.21. The molecule has 0 bridgehead atoms. The van der Waals surface area contributed by atoms with Gasteiger partial charge in [-0.2, -0.15) is 0 Å². The Morgan fingerprint density at radius 2 is 2.07 bits per heavy atom. The van der Waals surface area contributed by atoms with E-state index < -0.39 is 0 Å². The van der Waals surface area contributed by atoms with Crippen LogP contribution in [0.25, 0.3) is 0 Å². The third-order valence-corrected chi connectivity index (χ3v) is 4.19. The van der Waals surface area contributed by atoms with Gasteiger partial charge in [-0.15, -0.1) is 0 Å². The zero-order chi connectivity index (χ0) is 10.1. The molecule has 1 amide bonds. The number of carbonyl (C=O) groups is 1. The van der Waals surface area contributed by atoms with E-state index in [9.17, 15) is 4.79 Å². The molecule has 14 heavy (non-hydrogen) atoms. The Labute approximate surface area is 94.2 Å². The minimum atomic E-state index is 0.352. The monoisotopic (exact) mass is 259 g/mol. The molecule has 0 aromatic carbocycles. The van der Waals surface area contributed by atoms with E-state index in [0.29, 0.717) is 29.1 Å². The van der Waals surface area contributed by atoms with Gasteiger partial charge in [0.2, 0.25) is 5.91 Å². The van der Waals surface area contributed by atoms with Crippen molar-refractivity contribution in [1.82, 2.24) is 4.90 Å². The first-order valence-electron chi connectivity index (χ1n) is 5.62. The second-order valence-corrected chi connectivity index (χ2v) is 5.97. The quantitative estimate of drug-likeness (QED) is 0.663. The molecule has 3 unspecified atom stereocenters. The highest BCUT2D eigenvalue weighted by Gasteiger charge is 2.36. The number of amides is 1. The summed E-state index contributed by atoms with van der Waals surface area (Å²) in [5, 5.41) is 0. The summed E-state index contributed by atoms with van der Waals surface area (Å²) in [6.07, 6.45) is 5.85. The standard InChI is InChI=1S/C11H18BrNO/c1-8-4-2-3-5-10(8)13-7-9(12)6-11(13)14/h8-10H,2-7H2,1H3. The zero-order valence-corrected chi connectivity index (χ0v) is 10.3. The van der Waals surface area contributed by atoms with Gasteiger partial charge >= 0.3 is 0 Å². The van der Waals surface area contributed by atoms with Crippen LogP contribution in [0.2, 0.25) is 0 Å². The van der Waals surface area contributed by atoms with Gasteiger partial charge < -0.3 is 4.90 Å². The van der Waals surface area contributed by atoms with Crippen molar-refractivity contribution in [2.75, 3.05) is 6.54 Å². The van der Waals surface area contributed by atoms with Crippen LogP contribution in [0.4, 0.5) is 0 Å². The summed E-state index contributed by atoms with van der Waals surface area (Å²) in [6, 6.07) is 0.527. The molecule has 0 radical (unpaired) electrons. The first-order chi connectivity index (χ1) is 6.68. The summed E-state index contributed by atoms with van der Waals surface area (Å²) < 4.78 is 0. The highest BCUT2D eigenvalue weighted by atomic mass is 79.9. The molecule has 0 spiro atoms. The van der Waals surface area contributed by atoms with Crippen LogP contribution in [0, 0.1) is 5.92 Å². The van der Waals surface area contributed by atoms with Gasteiger partial charge in [-0.1, -0.05) is 35.7 Å². The lowest BCUT2D eigenvalue weighted by Gasteiger charge is -2.36. The van der Waals surface area contributed by atoms with E-state index in [-0.39, 0.29) is 0 Å². The van der Waals surface area contributed by atoms with Crippen molar-refractivity contribution in [2.24, 2.45) is 5.92 Å². The van der Waals surface area contributed by atoms with Gasteiger partial charge in [0.1, 0.15) is 0 Å². The van der Waals surface area contributed by atoms with Crippen molar-refractivity contribution >= 4 is 21.8 Å². The number of nitrogens with zero attached hydrogens (tertiary/aromatic N) is 1. The van der Waals surface area contributed by atoms with Crippen molar-refractivity contribution < 1.29 is 4.79 Å². The van der Waals surface area contributed by atoms with E-state index in [2.05, 4.69) is 27.8 Å². The molecule has 2 rings (SSSR count). The summed E-state index contributed by atoms with van der Waals surface area (Å²) in [5.41, 5.74) is 0. The van der Waals surface area contributed by atoms with Crippen molar-refractivity contribution in [3.05, 3.63) is 0 Å². The molecule has 1 saturated carbocycles. The third-order valence-electron chi connectivity index (χ3n) is 3.58. The van der Waals surface area contributed by atoms with Gasteiger partial charge in [0, 0.05) is 23.8 Å².